The molecule has 0 radical (unpaired) electrons. The Kier molecular flexibility index (Phi) is 6.53. The molecule has 0 saturated heterocycles. The Hall–Kier alpha value is -2.87. The van der Waals surface area contributed by atoms with E-state index in [1.807, 2.05) is 0 Å². The first-order valence-electron chi connectivity index (χ1n) is 9.59. The van der Waals surface area contributed by atoms with Crippen LogP contribution in [0.5, 0.6) is 5.75 Å². The highest BCUT2D eigenvalue weighted by atomic mass is 32.1. The molecular weight excluding hydrogens is 392 g/mol. The lowest BCUT2D eigenvalue weighted by Gasteiger charge is -2.13. The zero-order valence-corrected chi connectivity index (χ0v) is 17.3. The molecular formula is C21H24N2O5S. The Morgan fingerprint density at radius 1 is 1.17 bits per heavy atom. The van der Waals surface area contributed by atoms with E-state index in [-0.39, 0.29) is 12.5 Å². The second-order valence-electron chi connectivity index (χ2n) is 6.77. The molecule has 7 nitrogen and oxygen atoms in total. The molecule has 1 aliphatic carbocycles. The van der Waals surface area contributed by atoms with Gasteiger partial charge in [0.15, 0.2) is 6.10 Å². The largest absolute Gasteiger partial charge is 0.479 e. The van der Waals surface area contributed by atoms with Crippen LogP contribution in [0.25, 0.3) is 0 Å². The summed E-state index contributed by atoms with van der Waals surface area (Å²) < 4.78 is 10.4. The molecule has 0 fully saturated rings. The summed E-state index contributed by atoms with van der Waals surface area (Å²) in [6.45, 7) is 3.61. The van der Waals surface area contributed by atoms with Crippen molar-refractivity contribution >= 4 is 34.1 Å². The number of carbonyl (C=O) groups is 3. The number of nitrogens with one attached hydrogen (secondary N) is 1. The maximum atomic E-state index is 12.7. The van der Waals surface area contributed by atoms with Gasteiger partial charge in [-0.25, -0.2) is 4.79 Å². The van der Waals surface area contributed by atoms with Gasteiger partial charge in [-0.05, 0) is 69.4 Å². The van der Waals surface area contributed by atoms with Gasteiger partial charge in [0.05, 0.1) is 12.2 Å². The number of nitrogens with two attached hydrogens (primary N) is 1. The van der Waals surface area contributed by atoms with E-state index in [1.54, 1.807) is 38.1 Å². The average molecular weight is 416 g/mol. The maximum Gasteiger partial charge on any atom is 0.347 e. The van der Waals surface area contributed by atoms with Crippen LogP contribution in [-0.2, 0) is 22.4 Å². The van der Waals surface area contributed by atoms with Gasteiger partial charge in [0, 0.05) is 10.4 Å². The van der Waals surface area contributed by atoms with Gasteiger partial charge in [0.1, 0.15) is 10.8 Å². The smallest absolute Gasteiger partial charge is 0.347 e. The van der Waals surface area contributed by atoms with Gasteiger partial charge in [-0.3, -0.25) is 9.59 Å². The van der Waals surface area contributed by atoms with Crippen molar-refractivity contribution in [2.75, 3.05) is 11.9 Å². The fourth-order valence-corrected chi connectivity index (χ4v) is 4.58. The van der Waals surface area contributed by atoms with Crippen LogP contribution >= 0.6 is 11.3 Å². The second-order valence-corrected chi connectivity index (χ2v) is 7.88. The molecule has 3 rings (SSSR count). The zero-order valence-electron chi connectivity index (χ0n) is 16.4. The van der Waals surface area contributed by atoms with E-state index in [1.165, 1.54) is 11.3 Å². The molecule has 1 atom stereocenters. The summed E-state index contributed by atoms with van der Waals surface area (Å²) in [7, 11) is 0. The summed E-state index contributed by atoms with van der Waals surface area (Å²) >= 11 is 1.42. The quantitative estimate of drug-likeness (QED) is 0.673. The minimum atomic E-state index is -0.745. The van der Waals surface area contributed by atoms with Crippen LogP contribution in [0, 0.1) is 0 Å². The Labute approximate surface area is 173 Å². The number of fused-ring (bicyclic) bond motifs is 1. The molecule has 3 N–H and O–H groups in total. The number of benzene rings is 1. The Morgan fingerprint density at radius 3 is 2.52 bits per heavy atom. The zero-order chi connectivity index (χ0) is 21.0. The van der Waals surface area contributed by atoms with Gasteiger partial charge in [-0.2, -0.15) is 0 Å². The van der Waals surface area contributed by atoms with Crippen molar-refractivity contribution < 1.29 is 23.9 Å². The number of esters is 1. The van der Waals surface area contributed by atoms with Crippen LogP contribution in [0.15, 0.2) is 24.3 Å². The molecule has 0 unspecified atom stereocenters. The highest BCUT2D eigenvalue weighted by Gasteiger charge is 2.25. The van der Waals surface area contributed by atoms with Gasteiger partial charge >= 0.3 is 5.97 Å². The number of anilines is 1. The lowest BCUT2D eigenvalue weighted by atomic mass is 9.95. The molecule has 0 saturated carbocycles. The van der Waals surface area contributed by atoms with Crippen LogP contribution < -0.4 is 15.8 Å². The van der Waals surface area contributed by atoms with E-state index >= 15 is 0 Å². The van der Waals surface area contributed by atoms with Crippen molar-refractivity contribution in [3.8, 4) is 5.75 Å². The van der Waals surface area contributed by atoms with E-state index < -0.39 is 18.0 Å². The summed E-state index contributed by atoms with van der Waals surface area (Å²) in [5.74, 6) is -0.853. The summed E-state index contributed by atoms with van der Waals surface area (Å²) in [6, 6.07) is 6.41. The first-order valence-corrected chi connectivity index (χ1v) is 10.4. The normalized spacial score (nSPS) is 13.9. The molecule has 1 aromatic carbocycles. The third-order valence-corrected chi connectivity index (χ3v) is 5.90. The van der Waals surface area contributed by atoms with Gasteiger partial charge < -0.3 is 20.5 Å². The van der Waals surface area contributed by atoms with E-state index in [0.717, 1.165) is 36.1 Å². The van der Waals surface area contributed by atoms with Crippen molar-refractivity contribution in [1.29, 1.82) is 0 Å². The summed E-state index contributed by atoms with van der Waals surface area (Å²) in [4.78, 5) is 37.4. The van der Waals surface area contributed by atoms with Crippen LogP contribution in [0.4, 0.5) is 5.00 Å². The summed E-state index contributed by atoms with van der Waals surface area (Å²) in [5.41, 5.74) is 7.38. The van der Waals surface area contributed by atoms with Crippen LogP contribution in [-0.4, -0.2) is 30.5 Å². The molecule has 2 aromatic rings. The monoisotopic (exact) mass is 416 g/mol. The predicted molar refractivity (Wildman–Crippen MR) is 111 cm³/mol. The number of primary amides is 1. The molecule has 0 bridgehead atoms. The van der Waals surface area contributed by atoms with Crippen molar-refractivity contribution in [3.05, 3.63) is 45.8 Å². The highest BCUT2D eigenvalue weighted by Crippen LogP contribution is 2.38. The third-order valence-electron chi connectivity index (χ3n) is 4.69. The van der Waals surface area contributed by atoms with Crippen molar-refractivity contribution in [2.45, 2.75) is 45.6 Å². The molecule has 1 aliphatic rings. The van der Waals surface area contributed by atoms with E-state index in [0.29, 0.717) is 21.9 Å². The molecule has 0 spiro atoms. The molecule has 2 amide bonds. The number of hydrogen-bond acceptors (Lipinski definition) is 6. The Bertz CT molecular complexity index is 920. The number of hydrogen-bond donors (Lipinski definition) is 2. The minimum absolute atomic E-state index is 0.283. The minimum Gasteiger partial charge on any atom is -0.479 e. The highest BCUT2D eigenvalue weighted by molar-refractivity contribution is 7.17. The number of amides is 2. The predicted octanol–water partition coefficient (Wildman–Crippen LogP) is 3.31. The summed E-state index contributed by atoms with van der Waals surface area (Å²) in [6.07, 6.45) is 3.06. The standard InChI is InChI=1S/C21H24N2O5S/c1-3-27-21(26)12(2)28-14-10-8-13(9-11-14)19(25)23-20-17(18(22)24)15-6-4-5-7-16(15)29-20/h8-12H,3-7H2,1-2H3,(H2,22,24)(H,23,25)/t12-/m0/s1. The number of ether oxygens (including phenoxy) is 2. The Morgan fingerprint density at radius 2 is 1.86 bits per heavy atom. The molecule has 1 aromatic heterocycles. The maximum absolute atomic E-state index is 12.7. The van der Waals surface area contributed by atoms with E-state index in [9.17, 15) is 14.4 Å². The topological polar surface area (TPSA) is 108 Å². The second kappa shape index (κ2) is 9.09. The molecule has 154 valence electrons. The Balaban J connectivity index is 1.71. The average Bonchev–Trinajstić information content (AvgIpc) is 3.06. The number of carbonyl (C=O) groups excluding carboxylic acids is 3. The van der Waals surface area contributed by atoms with Gasteiger partial charge in [0.25, 0.3) is 11.8 Å². The SMILES string of the molecule is CCOC(=O)[C@H](C)Oc1ccc(C(=O)Nc2sc3c(c2C(N)=O)CCCC3)cc1. The van der Waals surface area contributed by atoms with Gasteiger partial charge in [0.2, 0.25) is 0 Å². The van der Waals surface area contributed by atoms with Gasteiger partial charge in [-0.1, -0.05) is 0 Å². The molecule has 0 aliphatic heterocycles. The number of rotatable bonds is 7. The van der Waals surface area contributed by atoms with E-state index in [2.05, 4.69) is 5.32 Å². The van der Waals surface area contributed by atoms with Gasteiger partial charge in [-0.15, -0.1) is 11.3 Å². The molecule has 8 heteroatoms. The van der Waals surface area contributed by atoms with Crippen LogP contribution in [0.2, 0.25) is 0 Å². The van der Waals surface area contributed by atoms with Crippen LogP contribution in [0.3, 0.4) is 0 Å². The number of aryl methyl sites for hydroxylation is 1. The fourth-order valence-electron chi connectivity index (χ4n) is 3.29. The lowest BCUT2D eigenvalue weighted by Crippen LogP contribution is -2.26. The van der Waals surface area contributed by atoms with Crippen molar-refractivity contribution in [1.82, 2.24) is 0 Å². The fraction of sp³-hybridized carbons (Fsp3) is 0.381. The van der Waals surface area contributed by atoms with Crippen LogP contribution in [0.1, 0.15) is 57.8 Å². The van der Waals surface area contributed by atoms with E-state index in [4.69, 9.17) is 15.2 Å². The van der Waals surface area contributed by atoms with Crippen molar-refractivity contribution in [3.63, 3.8) is 0 Å². The summed E-state index contributed by atoms with van der Waals surface area (Å²) in [5, 5.41) is 3.33. The number of thiophene rings is 1. The lowest BCUT2D eigenvalue weighted by molar-refractivity contribution is -0.150. The van der Waals surface area contributed by atoms with Crippen molar-refractivity contribution in [2.24, 2.45) is 5.73 Å². The molecule has 1 heterocycles. The first kappa shape index (κ1) is 20.9. The molecule has 29 heavy (non-hydrogen) atoms. The first-order chi connectivity index (χ1) is 13.9. The third kappa shape index (κ3) is 4.76.